The van der Waals surface area contributed by atoms with Gasteiger partial charge in [0.15, 0.2) is 5.78 Å². The van der Waals surface area contributed by atoms with E-state index in [2.05, 4.69) is 0 Å². The Morgan fingerprint density at radius 2 is 1.87 bits per heavy atom. The topological polar surface area (TPSA) is 71.4 Å². The van der Waals surface area contributed by atoms with Gasteiger partial charge >= 0.3 is 0 Å². The first-order valence-electron chi connectivity index (χ1n) is 7.44. The van der Waals surface area contributed by atoms with Crippen LogP contribution in [-0.2, 0) is 37.3 Å². The monoisotopic (exact) mass is 517 g/mol. The third-order valence-electron chi connectivity index (χ3n) is 5.59. The van der Waals surface area contributed by atoms with E-state index in [9.17, 15) is 17.8 Å². The number of Topliss-reactive ketones (excluding diaryl/α,β-unsaturated/α-hetero) is 1. The van der Waals surface area contributed by atoms with Crippen molar-refractivity contribution in [3.05, 3.63) is 41.5 Å². The Morgan fingerprint density at radius 1 is 1.26 bits per heavy atom. The summed E-state index contributed by atoms with van der Waals surface area (Å²) in [6.07, 6.45) is 3.18. The van der Waals surface area contributed by atoms with Crippen molar-refractivity contribution in [3.8, 4) is 0 Å². The molecule has 2 saturated carbocycles. The minimum atomic E-state index is -4.20. The van der Waals surface area contributed by atoms with Gasteiger partial charge in [-0.15, -0.1) is 0 Å². The molecule has 2 aliphatic carbocycles. The van der Waals surface area contributed by atoms with E-state index in [1.54, 1.807) is 0 Å². The summed E-state index contributed by atoms with van der Waals surface area (Å²) in [7, 11) is -4.20. The third kappa shape index (κ3) is 2.89. The number of carbonyl (C=O) groups is 1. The van der Waals surface area contributed by atoms with Crippen molar-refractivity contribution in [2.45, 2.75) is 26.7 Å². The Labute approximate surface area is 152 Å². The van der Waals surface area contributed by atoms with Crippen LogP contribution in [0, 0.1) is 16.7 Å². The molecule has 2 bridgehead atoms. The molecule has 1 radical (unpaired) electrons. The van der Waals surface area contributed by atoms with E-state index >= 15 is 0 Å². The maximum atomic E-state index is 12.9. The van der Waals surface area contributed by atoms with Crippen molar-refractivity contribution < 1.29 is 40.1 Å². The molecule has 0 saturated heterocycles. The van der Waals surface area contributed by atoms with E-state index in [1.165, 1.54) is 0 Å². The van der Waals surface area contributed by atoms with Crippen LogP contribution < -0.4 is 0 Å². The second-order valence-corrected chi connectivity index (χ2v) is 8.41. The summed E-state index contributed by atoms with van der Waals surface area (Å²) >= 11 is 0. The van der Waals surface area contributed by atoms with Crippen molar-refractivity contribution in [2.24, 2.45) is 16.7 Å². The van der Waals surface area contributed by atoms with E-state index in [-0.39, 0.29) is 34.1 Å². The van der Waals surface area contributed by atoms with E-state index in [4.69, 9.17) is 0 Å². The molecule has 1 aromatic carbocycles. The zero-order valence-corrected chi connectivity index (χ0v) is 16.0. The summed E-state index contributed by atoms with van der Waals surface area (Å²) in [6.45, 7) is 3.89. The van der Waals surface area contributed by atoms with Gasteiger partial charge in [0.2, 0.25) is 0 Å². The molecule has 2 unspecified atom stereocenters. The summed E-state index contributed by atoms with van der Waals surface area (Å²) in [5.41, 5.74) is 0.189. The first-order valence-corrected chi connectivity index (χ1v) is 9.05. The fourth-order valence-corrected chi connectivity index (χ4v) is 5.59. The average molecular weight is 517 g/mol. The van der Waals surface area contributed by atoms with E-state index < -0.39 is 26.7 Å². The van der Waals surface area contributed by atoms with Crippen LogP contribution in [-0.4, -0.2) is 24.5 Å². The van der Waals surface area contributed by atoms with Crippen molar-refractivity contribution in [2.75, 3.05) is 5.75 Å². The standard InChI is InChI=1S/C17H20O4S.Au/c1-16(2)14-8-9-17(16,11-22(19,20)21)15(18)13(14)10-12-6-4-3-5-7-12;/h3-7,10,14H,8-9,11H2,1-2H3,(H,19,20,21);. The Bertz CT molecular complexity index is 752. The van der Waals surface area contributed by atoms with Crippen LogP contribution in [0.25, 0.3) is 6.08 Å². The molecule has 2 aliphatic rings. The van der Waals surface area contributed by atoms with Crippen molar-refractivity contribution in [1.82, 2.24) is 0 Å². The molecule has 0 aromatic heterocycles. The number of fused-ring (bicyclic) bond motifs is 2. The number of benzene rings is 1. The quantitative estimate of drug-likeness (QED) is 0.381. The van der Waals surface area contributed by atoms with Crippen LogP contribution in [0.5, 0.6) is 0 Å². The van der Waals surface area contributed by atoms with Gasteiger partial charge in [-0.3, -0.25) is 9.35 Å². The molecule has 2 fully saturated rings. The van der Waals surface area contributed by atoms with Crippen LogP contribution in [0.15, 0.2) is 35.9 Å². The number of rotatable bonds is 3. The summed E-state index contributed by atoms with van der Waals surface area (Å²) in [6, 6.07) is 9.57. The van der Waals surface area contributed by atoms with Gasteiger partial charge in [-0.2, -0.15) is 8.42 Å². The summed E-state index contributed by atoms with van der Waals surface area (Å²) < 4.78 is 32.2. The maximum Gasteiger partial charge on any atom is 0.265 e. The fourth-order valence-electron chi connectivity index (χ4n) is 4.32. The minimum absolute atomic E-state index is 0. The van der Waals surface area contributed by atoms with Crippen molar-refractivity contribution >= 4 is 22.0 Å². The number of ketones is 1. The average Bonchev–Trinajstić information content (AvgIpc) is 2.73. The molecule has 0 aliphatic heterocycles. The van der Waals surface area contributed by atoms with Gasteiger partial charge in [0.1, 0.15) is 0 Å². The van der Waals surface area contributed by atoms with Gasteiger partial charge in [0, 0.05) is 28.0 Å². The molecule has 6 heteroatoms. The Kier molecular flexibility index (Phi) is 4.83. The van der Waals surface area contributed by atoms with Gasteiger partial charge in [-0.1, -0.05) is 44.2 Å². The zero-order chi connectivity index (χ0) is 16.2. The van der Waals surface area contributed by atoms with Crippen molar-refractivity contribution in [3.63, 3.8) is 0 Å². The summed E-state index contributed by atoms with van der Waals surface area (Å²) in [5.74, 6) is -0.550. The van der Waals surface area contributed by atoms with Crippen LogP contribution in [0.3, 0.4) is 0 Å². The van der Waals surface area contributed by atoms with Crippen LogP contribution >= 0.6 is 0 Å². The van der Waals surface area contributed by atoms with E-state index in [0.29, 0.717) is 12.0 Å². The first kappa shape index (κ1) is 18.6. The molecule has 0 heterocycles. The first-order chi connectivity index (χ1) is 10.2. The summed E-state index contributed by atoms with van der Waals surface area (Å²) in [4.78, 5) is 12.9. The summed E-state index contributed by atoms with van der Waals surface area (Å²) in [5, 5.41) is 0. The number of hydrogen-bond donors (Lipinski definition) is 1. The van der Waals surface area contributed by atoms with Gasteiger partial charge in [-0.05, 0) is 35.8 Å². The molecular formula is C17H20AuO4S. The largest absolute Gasteiger partial charge is 0.294 e. The predicted octanol–water partition coefficient (Wildman–Crippen LogP) is 2.96. The second-order valence-electron chi connectivity index (χ2n) is 6.96. The molecule has 2 atom stereocenters. The SMILES string of the molecule is CC1(C)C2CCC1(CS(=O)(=O)O)C(=O)C2=Cc1ccccc1.[Au]. The predicted molar refractivity (Wildman–Crippen MR) is 84.8 cm³/mol. The van der Waals surface area contributed by atoms with Crippen LogP contribution in [0.2, 0.25) is 0 Å². The maximum absolute atomic E-state index is 12.9. The molecule has 23 heavy (non-hydrogen) atoms. The Morgan fingerprint density at radius 3 is 2.43 bits per heavy atom. The molecule has 129 valence electrons. The van der Waals surface area contributed by atoms with Gasteiger partial charge in [-0.25, -0.2) is 0 Å². The van der Waals surface area contributed by atoms with Gasteiger partial charge in [0.25, 0.3) is 10.1 Å². The van der Waals surface area contributed by atoms with E-state index in [1.807, 2.05) is 50.3 Å². The molecule has 4 nitrogen and oxygen atoms in total. The molecule has 3 rings (SSSR count). The zero-order valence-electron chi connectivity index (χ0n) is 13.0. The smallest absolute Gasteiger partial charge is 0.265 e. The number of hydrogen-bond acceptors (Lipinski definition) is 3. The van der Waals surface area contributed by atoms with Gasteiger partial charge in [0.05, 0.1) is 11.2 Å². The molecule has 1 N–H and O–H groups in total. The minimum Gasteiger partial charge on any atom is -0.294 e. The molecule has 0 spiro atoms. The van der Waals surface area contributed by atoms with Gasteiger partial charge < -0.3 is 0 Å². The van der Waals surface area contributed by atoms with Crippen LogP contribution in [0.1, 0.15) is 32.3 Å². The Hall–Kier alpha value is -0.720. The second kappa shape index (κ2) is 5.97. The molecular weight excluding hydrogens is 497 g/mol. The fraction of sp³-hybridized carbons (Fsp3) is 0.471. The Balaban J connectivity index is 0.00000192. The molecule has 1 aromatic rings. The third-order valence-corrected chi connectivity index (χ3v) is 6.44. The van der Waals surface area contributed by atoms with Crippen molar-refractivity contribution in [1.29, 1.82) is 0 Å². The molecule has 0 amide bonds. The number of allylic oxidation sites excluding steroid dienone is 1. The number of carbonyl (C=O) groups excluding carboxylic acids is 1. The van der Waals surface area contributed by atoms with E-state index in [0.717, 1.165) is 12.0 Å². The normalized spacial score (nSPS) is 30.5. The van der Waals surface area contributed by atoms with Crippen LogP contribution in [0.4, 0.5) is 0 Å².